The van der Waals surface area contributed by atoms with E-state index in [4.69, 9.17) is 0 Å². The van der Waals surface area contributed by atoms with E-state index in [1.807, 2.05) is 0 Å². The van der Waals surface area contributed by atoms with Crippen LogP contribution >= 0.6 is 0 Å². The molecule has 4 bridgehead atoms. The van der Waals surface area contributed by atoms with Crippen LogP contribution in [-0.4, -0.2) is 0 Å². The molecule has 19 heavy (non-hydrogen) atoms. The molecule has 1 aromatic rings. The van der Waals surface area contributed by atoms with E-state index in [9.17, 15) is 0 Å². The molecule has 0 heterocycles. The monoisotopic (exact) mass is 252 g/mol. The smallest absolute Gasteiger partial charge is 0.00413 e. The van der Waals surface area contributed by atoms with Gasteiger partial charge >= 0.3 is 0 Å². The molecule has 0 N–H and O–H groups in total. The van der Waals surface area contributed by atoms with Gasteiger partial charge in [-0.05, 0) is 79.2 Å². The summed E-state index contributed by atoms with van der Waals surface area (Å²) in [4.78, 5) is 0. The number of hydrogen-bond donors (Lipinski definition) is 0. The van der Waals surface area contributed by atoms with Crippen LogP contribution in [0.15, 0.2) is 24.3 Å². The highest BCUT2D eigenvalue weighted by molar-refractivity contribution is 5.44. The highest BCUT2D eigenvalue weighted by Gasteiger charge is 2.61. The van der Waals surface area contributed by atoms with Gasteiger partial charge in [0.2, 0.25) is 0 Å². The second-order valence-electron chi connectivity index (χ2n) is 8.00. The summed E-state index contributed by atoms with van der Waals surface area (Å²) in [5.74, 6) is 5.10. The maximum Gasteiger partial charge on any atom is 0.00413 e. The quantitative estimate of drug-likeness (QED) is 0.634. The van der Waals surface area contributed by atoms with Crippen molar-refractivity contribution in [2.24, 2.45) is 29.6 Å². The van der Waals surface area contributed by atoms with Crippen LogP contribution in [0.5, 0.6) is 0 Å². The first-order valence-corrected chi connectivity index (χ1v) is 8.37. The SMILES string of the molecule is CC1Cc2ccccc2C12C1CC3CC(C1)CC2C3. The Labute approximate surface area is 116 Å². The van der Waals surface area contributed by atoms with Crippen molar-refractivity contribution in [3.8, 4) is 0 Å². The van der Waals surface area contributed by atoms with Gasteiger partial charge in [-0.25, -0.2) is 0 Å². The van der Waals surface area contributed by atoms with Crippen LogP contribution in [0.2, 0.25) is 0 Å². The van der Waals surface area contributed by atoms with E-state index >= 15 is 0 Å². The lowest BCUT2D eigenvalue weighted by Crippen LogP contribution is -2.57. The van der Waals surface area contributed by atoms with Crippen molar-refractivity contribution in [3.63, 3.8) is 0 Å². The van der Waals surface area contributed by atoms with Gasteiger partial charge in [0.25, 0.3) is 0 Å². The lowest BCUT2D eigenvalue weighted by molar-refractivity contribution is -0.0794. The van der Waals surface area contributed by atoms with Crippen LogP contribution in [0.25, 0.3) is 0 Å². The van der Waals surface area contributed by atoms with Gasteiger partial charge in [-0.1, -0.05) is 31.2 Å². The molecule has 0 heteroatoms. The van der Waals surface area contributed by atoms with E-state index in [-0.39, 0.29) is 0 Å². The zero-order valence-electron chi connectivity index (χ0n) is 11.9. The Hall–Kier alpha value is -0.780. The minimum atomic E-state index is 0.587. The summed E-state index contributed by atoms with van der Waals surface area (Å²) in [6.45, 7) is 2.56. The van der Waals surface area contributed by atoms with Crippen molar-refractivity contribution in [2.75, 3.05) is 0 Å². The predicted octanol–water partition coefficient (Wildman–Crippen LogP) is 4.57. The number of benzene rings is 1. The van der Waals surface area contributed by atoms with Gasteiger partial charge in [-0.2, -0.15) is 0 Å². The van der Waals surface area contributed by atoms with Crippen LogP contribution in [0.4, 0.5) is 0 Å². The molecule has 1 unspecified atom stereocenters. The summed E-state index contributed by atoms with van der Waals surface area (Å²) >= 11 is 0. The zero-order valence-corrected chi connectivity index (χ0v) is 11.9. The van der Waals surface area contributed by atoms with E-state index in [2.05, 4.69) is 31.2 Å². The largest absolute Gasteiger partial charge is 0.0620 e. The minimum Gasteiger partial charge on any atom is -0.0620 e. The molecule has 0 amide bonds. The Morgan fingerprint density at radius 3 is 2.21 bits per heavy atom. The third-order valence-electron chi connectivity index (χ3n) is 7.31. The average Bonchev–Trinajstić information content (AvgIpc) is 2.68. The van der Waals surface area contributed by atoms with Gasteiger partial charge in [0.05, 0.1) is 0 Å². The van der Waals surface area contributed by atoms with Crippen LogP contribution < -0.4 is 0 Å². The molecular formula is C19H24. The van der Waals surface area contributed by atoms with Crippen molar-refractivity contribution in [2.45, 2.75) is 50.9 Å². The maximum atomic E-state index is 2.56. The molecule has 1 aromatic carbocycles. The van der Waals surface area contributed by atoms with Gasteiger partial charge in [-0.3, -0.25) is 0 Å². The Kier molecular flexibility index (Phi) is 1.99. The molecule has 4 fully saturated rings. The van der Waals surface area contributed by atoms with Gasteiger partial charge in [-0.15, -0.1) is 0 Å². The fourth-order valence-electron chi connectivity index (χ4n) is 7.09. The molecule has 0 aliphatic heterocycles. The van der Waals surface area contributed by atoms with Crippen LogP contribution in [0, 0.1) is 29.6 Å². The molecule has 1 atom stereocenters. The summed E-state index contributed by atoms with van der Waals surface area (Å²) in [6, 6.07) is 9.44. The number of rotatable bonds is 0. The second kappa shape index (κ2) is 3.45. The lowest BCUT2D eigenvalue weighted by atomic mass is 9.42. The van der Waals surface area contributed by atoms with Crippen LogP contribution in [-0.2, 0) is 11.8 Å². The fraction of sp³-hybridized carbons (Fsp3) is 0.684. The molecule has 100 valence electrons. The first kappa shape index (κ1) is 10.9. The first-order valence-electron chi connectivity index (χ1n) is 8.37. The van der Waals surface area contributed by atoms with Crippen LogP contribution in [0.3, 0.4) is 0 Å². The third kappa shape index (κ3) is 1.18. The van der Waals surface area contributed by atoms with E-state index in [0.717, 1.165) is 29.6 Å². The van der Waals surface area contributed by atoms with Gasteiger partial charge < -0.3 is 0 Å². The Morgan fingerprint density at radius 1 is 0.895 bits per heavy atom. The second-order valence-corrected chi connectivity index (χ2v) is 8.00. The van der Waals surface area contributed by atoms with Crippen LogP contribution in [0.1, 0.15) is 50.2 Å². The molecule has 0 nitrogen and oxygen atoms in total. The molecular weight excluding hydrogens is 228 g/mol. The summed E-state index contributed by atoms with van der Waals surface area (Å²) in [5.41, 5.74) is 4.04. The average molecular weight is 252 g/mol. The molecule has 5 aliphatic carbocycles. The lowest BCUT2D eigenvalue weighted by Gasteiger charge is -2.62. The van der Waals surface area contributed by atoms with Gasteiger partial charge in [0.15, 0.2) is 0 Å². The predicted molar refractivity (Wildman–Crippen MR) is 78.0 cm³/mol. The summed E-state index contributed by atoms with van der Waals surface area (Å²) < 4.78 is 0. The molecule has 1 spiro atoms. The number of hydrogen-bond acceptors (Lipinski definition) is 0. The summed E-state index contributed by atoms with van der Waals surface area (Å²) in [6.07, 6.45) is 9.10. The third-order valence-corrected chi connectivity index (χ3v) is 7.31. The standard InChI is InChI=1S/C19H24/c1-12-6-15-4-2-3-5-18(15)19(12)16-8-13-7-14(10-16)11-17(19)9-13/h2-5,12-14,16-17H,6-11H2,1H3. The Balaban J connectivity index is 1.71. The van der Waals surface area contributed by atoms with E-state index in [1.165, 1.54) is 6.42 Å². The molecule has 0 aromatic heterocycles. The van der Waals surface area contributed by atoms with E-state index in [0.29, 0.717) is 5.41 Å². The highest BCUT2D eigenvalue weighted by atomic mass is 14.7. The molecule has 5 aliphatic rings. The topological polar surface area (TPSA) is 0 Å². The Morgan fingerprint density at radius 2 is 1.53 bits per heavy atom. The summed E-state index contributed by atoms with van der Waals surface area (Å²) in [5, 5.41) is 0. The van der Waals surface area contributed by atoms with Crippen molar-refractivity contribution in [1.29, 1.82) is 0 Å². The molecule has 4 saturated carbocycles. The summed E-state index contributed by atoms with van der Waals surface area (Å²) in [7, 11) is 0. The molecule has 0 radical (unpaired) electrons. The van der Waals surface area contributed by atoms with Gasteiger partial charge in [0, 0.05) is 5.41 Å². The zero-order chi connectivity index (χ0) is 12.6. The fourth-order valence-corrected chi connectivity index (χ4v) is 7.09. The van der Waals surface area contributed by atoms with Gasteiger partial charge in [0.1, 0.15) is 0 Å². The minimum absolute atomic E-state index is 0.587. The van der Waals surface area contributed by atoms with E-state index < -0.39 is 0 Å². The maximum absolute atomic E-state index is 2.56. The Bertz CT molecular complexity index is 499. The number of fused-ring (bicyclic) bond motifs is 1. The van der Waals surface area contributed by atoms with E-state index in [1.54, 1.807) is 43.2 Å². The molecule has 6 rings (SSSR count). The van der Waals surface area contributed by atoms with Crippen molar-refractivity contribution in [3.05, 3.63) is 35.4 Å². The van der Waals surface area contributed by atoms with Crippen molar-refractivity contribution < 1.29 is 0 Å². The van der Waals surface area contributed by atoms with Crippen molar-refractivity contribution in [1.82, 2.24) is 0 Å². The highest BCUT2D eigenvalue weighted by Crippen LogP contribution is 2.67. The first-order chi connectivity index (χ1) is 9.28. The normalized spacial score (nSPS) is 49.8. The molecule has 0 saturated heterocycles. The van der Waals surface area contributed by atoms with Crippen molar-refractivity contribution >= 4 is 0 Å².